The number of rotatable bonds is 9. The third kappa shape index (κ3) is 2.77. The summed E-state index contributed by atoms with van der Waals surface area (Å²) in [4.78, 5) is 45.5. The summed E-state index contributed by atoms with van der Waals surface area (Å²) in [5.41, 5.74) is -2.06. The molecule has 1 aliphatic carbocycles. The highest BCUT2D eigenvalue weighted by atomic mass is 16.4. The number of unbranched alkanes of at least 4 members (excludes halogenated alkanes) is 3. The molecule has 1 rings (SSSR count). The highest BCUT2D eigenvalue weighted by Crippen LogP contribution is 2.59. The van der Waals surface area contributed by atoms with E-state index < -0.39 is 47.0 Å². The average molecular weight is 316 g/mol. The summed E-state index contributed by atoms with van der Waals surface area (Å²) in [6.07, 6.45) is 2.53. The third-order valence-corrected chi connectivity index (χ3v) is 4.49. The molecule has 8 nitrogen and oxygen atoms in total. The number of aliphatic carboxylic acids is 4. The Morgan fingerprint density at radius 1 is 0.818 bits per heavy atom. The van der Waals surface area contributed by atoms with Crippen molar-refractivity contribution < 1.29 is 39.6 Å². The van der Waals surface area contributed by atoms with Gasteiger partial charge in [-0.15, -0.1) is 0 Å². The van der Waals surface area contributed by atoms with Gasteiger partial charge in [0.1, 0.15) is 0 Å². The first-order valence-corrected chi connectivity index (χ1v) is 7.13. The van der Waals surface area contributed by atoms with Crippen molar-refractivity contribution in [2.45, 2.75) is 39.0 Å². The van der Waals surface area contributed by atoms with Crippen LogP contribution < -0.4 is 0 Å². The number of carbonyl (C=O) groups is 4. The van der Waals surface area contributed by atoms with Crippen molar-refractivity contribution in [2.24, 2.45) is 23.2 Å². The molecule has 0 aromatic carbocycles. The SMILES string of the molecule is CCCCCCC1(C(=O)O)C(C(=O)O)C(C(=O)O)C1C(=O)O. The molecule has 4 N–H and O–H groups in total. The van der Waals surface area contributed by atoms with Crippen molar-refractivity contribution >= 4 is 23.9 Å². The first-order valence-electron chi connectivity index (χ1n) is 7.13. The molecule has 0 saturated heterocycles. The minimum atomic E-state index is -2.06. The first-order chi connectivity index (χ1) is 10.2. The van der Waals surface area contributed by atoms with Crippen molar-refractivity contribution in [3.63, 3.8) is 0 Å². The van der Waals surface area contributed by atoms with E-state index in [2.05, 4.69) is 0 Å². The van der Waals surface area contributed by atoms with Gasteiger partial charge in [-0.25, -0.2) is 0 Å². The van der Waals surface area contributed by atoms with Gasteiger partial charge in [-0.05, 0) is 6.42 Å². The van der Waals surface area contributed by atoms with E-state index >= 15 is 0 Å². The molecule has 124 valence electrons. The lowest BCUT2D eigenvalue weighted by molar-refractivity contribution is -0.214. The van der Waals surface area contributed by atoms with E-state index in [4.69, 9.17) is 5.11 Å². The Bertz CT molecular complexity index is 461. The van der Waals surface area contributed by atoms with E-state index in [1.54, 1.807) is 0 Å². The van der Waals surface area contributed by atoms with Crippen molar-refractivity contribution in [2.75, 3.05) is 0 Å². The molecule has 2 unspecified atom stereocenters. The largest absolute Gasteiger partial charge is 0.481 e. The molecule has 2 atom stereocenters. The van der Waals surface area contributed by atoms with Crippen molar-refractivity contribution in [1.82, 2.24) is 0 Å². The van der Waals surface area contributed by atoms with Gasteiger partial charge in [-0.3, -0.25) is 19.2 Å². The Balaban J connectivity index is 3.18. The smallest absolute Gasteiger partial charge is 0.311 e. The predicted octanol–water partition coefficient (Wildman–Crippen LogP) is 1.14. The summed E-state index contributed by atoms with van der Waals surface area (Å²) < 4.78 is 0. The molecule has 22 heavy (non-hydrogen) atoms. The zero-order chi connectivity index (χ0) is 17.1. The van der Waals surface area contributed by atoms with Gasteiger partial charge < -0.3 is 20.4 Å². The zero-order valence-corrected chi connectivity index (χ0v) is 12.2. The maximum absolute atomic E-state index is 11.6. The number of carboxylic acid groups (broad SMARTS) is 4. The molecule has 0 aromatic heterocycles. The van der Waals surface area contributed by atoms with Crippen LogP contribution in [0.15, 0.2) is 0 Å². The minimum absolute atomic E-state index is 0.153. The van der Waals surface area contributed by atoms with Crippen LogP contribution >= 0.6 is 0 Å². The number of hydrogen-bond donors (Lipinski definition) is 4. The highest BCUT2D eigenvalue weighted by Gasteiger charge is 2.74. The van der Waals surface area contributed by atoms with Crippen molar-refractivity contribution in [3.05, 3.63) is 0 Å². The Morgan fingerprint density at radius 2 is 1.32 bits per heavy atom. The van der Waals surface area contributed by atoms with Crippen molar-refractivity contribution in [1.29, 1.82) is 0 Å². The zero-order valence-electron chi connectivity index (χ0n) is 12.2. The molecule has 1 saturated carbocycles. The fraction of sp³-hybridized carbons (Fsp3) is 0.714. The second-order valence-electron chi connectivity index (χ2n) is 5.65. The van der Waals surface area contributed by atoms with E-state index in [1.807, 2.05) is 6.92 Å². The van der Waals surface area contributed by atoms with Gasteiger partial charge in [-0.2, -0.15) is 0 Å². The summed E-state index contributed by atoms with van der Waals surface area (Å²) in [6.45, 7) is 1.94. The van der Waals surface area contributed by atoms with Gasteiger partial charge in [0.15, 0.2) is 0 Å². The minimum Gasteiger partial charge on any atom is -0.481 e. The van der Waals surface area contributed by atoms with Crippen LogP contribution in [0.1, 0.15) is 39.0 Å². The molecule has 0 amide bonds. The summed E-state index contributed by atoms with van der Waals surface area (Å²) in [6, 6.07) is 0. The molecular formula is C14H20O8. The Labute approximate surface area is 126 Å². The molecule has 0 spiro atoms. The van der Waals surface area contributed by atoms with E-state index in [9.17, 15) is 34.5 Å². The van der Waals surface area contributed by atoms with E-state index in [1.165, 1.54) is 0 Å². The molecule has 1 aliphatic rings. The Morgan fingerprint density at radius 3 is 1.64 bits per heavy atom. The number of carboxylic acids is 4. The Hall–Kier alpha value is -2.12. The molecular weight excluding hydrogens is 296 g/mol. The van der Waals surface area contributed by atoms with Crippen LogP contribution in [-0.4, -0.2) is 44.3 Å². The van der Waals surface area contributed by atoms with Crippen LogP contribution in [0.25, 0.3) is 0 Å². The van der Waals surface area contributed by atoms with Gasteiger partial charge in [0.05, 0.1) is 23.2 Å². The molecule has 8 heteroatoms. The molecule has 0 aliphatic heterocycles. The maximum atomic E-state index is 11.6. The second kappa shape index (κ2) is 6.76. The highest BCUT2D eigenvalue weighted by molar-refractivity contribution is 5.98. The van der Waals surface area contributed by atoms with Gasteiger partial charge in [0.25, 0.3) is 0 Å². The topological polar surface area (TPSA) is 149 Å². The van der Waals surface area contributed by atoms with Crippen LogP contribution in [0, 0.1) is 23.2 Å². The van der Waals surface area contributed by atoms with Gasteiger partial charge in [-0.1, -0.05) is 32.6 Å². The van der Waals surface area contributed by atoms with Crippen LogP contribution in [-0.2, 0) is 19.2 Å². The molecule has 0 bridgehead atoms. The van der Waals surface area contributed by atoms with E-state index in [0.29, 0.717) is 12.8 Å². The normalized spacial score (nSPS) is 30.3. The molecule has 0 aromatic rings. The van der Waals surface area contributed by atoms with Crippen LogP contribution in [0.4, 0.5) is 0 Å². The summed E-state index contributed by atoms with van der Waals surface area (Å²) in [7, 11) is 0. The van der Waals surface area contributed by atoms with E-state index in [-0.39, 0.29) is 6.42 Å². The maximum Gasteiger partial charge on any atom is 0.311 e. The molecule has 1 fully saturated rings. The lowest BCUT2D eigenvalue weighted by Gasteiger charge is -2.53. The quantitative estimate of drug-likeness (QED) is 0.463. The predicted molar refractivity (Wildman–Crippen MR) is 72.2 cm³/mol. The van der Waals surface area contributed by atoms with Crippen LogP contribution in [0.2, 0.25) is 0 Å². The monoisotopic (exact) mass is 316 g/mol. The second-order valence-corrected chi connectivity index (χ2v) is 5.65. The Kier molecular flexibility index (Phi) is 5.51. The third-order valence-electron chi connectivity index (χ3n) is 4.49. The van der Waals surface area contributed by atoms with Gasteiger partial charge in [0, 0.05) is 0 Å². The standard InChI is InChI=1S/C14H20O8/c1-2-3-4-5-6-14(13(21)22)8(11(17)18)7(10(15)16)9(14)12(19)20/h7-9H,2-6H2,1H3,(H,15,16)(H,17,18)(H,19,20)(H,21,22). The fourth-order valence-corrected chi connectivity index (χ4v) is 3.47. The summed E-state index contributed by atoms with van der Waals surface area (Å²) in [5, 5.41) is 37.0. The summed E-state index contributed by atoms with van der Waals surface area (Å²) in [5.74, 6) is -11.5. The lowest BCUT2D eigenvalue weighted by atomic mass is 9.45. The van der Waals surface area contributed by atoms with Gasteiger partial charge in [0.2, 0.25) is 0 Å². The van der Waals surface area contributed by atoms with Crippen LogP contribution in [0.5, 0.6) is 0 Å². The average Bonchev–Trinajstić information content (AvgIpc) is 2.34. The lowest BCUT2D eigenvalue weighted by Crippen LogP contribution is -2.68. The number of hydrogen-bond acceptors (Lipinski definition) is 4. The van der Waals surface area contributed by atoms with Crippen molar-refractivity contribution in [3.8, 4) is 0 Å². The molecule has 0 heterocycles. The van der Waals surface area contributed by atoms with E-state index in [0.717, 1.165) is 12.8 Å². The van der Waals surface area contributed by atoms with Gasteiger partial charge >= 0.3 is 23.9 Å². The fourth-order valence-electron chi connectivity index (χ4n) is 3.47. The van der Waals surface area contributed by atoms with Crippen LogP contribution in [0.3, 0.4) is 0 Å². The summed E-state index contributed by atoms with van der Waals surface area (Å²) >= 11 is 0. The molecule has 0 radical (unpaired) electrons. The first kappa shape index (κ1) is 17.9.